The first-order valence-corrected chi connectivity index (χ1v) is 7.66. The molecule has 0 saturated heterocycles. The molecule has 23 heavy (non-hydrogen) atoms. The molecule has 1 aromatic carbocycles. The van der Waals surface area contributed by atoms with E-state index in [4.69, 9.17) is 9.15 Å². The van der Waals surface area contributed by atoms with E-state index < -0.39 is 6.10 Å². The Bertz CT molecular complexity index is 797. The number of carbonyl (C=O) groups is 2. The minimum atomic E-state index is -0.529. The molecule has 1 aliphatic heterocycles. The molecule has 118 valence electrons. The number of nitrogens with one attached hydrogen (secondary N) is 2. The van der Waals surface area contributed by atoms with Crippen LogP contribution in [0, 0.1) is 0 Å². The van der Waals surface area contributed by atoms with Gasteiger partial charge in [0.15, 0.2) is 10.8 Å². The first-order valence-electron chi connectivity index (χ1n) is 6.87. The minimum absolute atomic E-state index is 0.218. The topological polar surface area (TPSA) is 80.6 Å². The summed E-state index contributed by atoms with van der Waals surface area (Å²) in [5.74, 6) is 0.608. The summed E-state index contributed by atoms with van der Waals surface area (Å²) in [5.41, 5.74) is 1.09. The second kappa shape index (κ2) is 6.29. The summed E-state index contributed by atoms with van der Waals surface area (Å²) in [7, 11) is 0. The SMILES string of the molecule is C[C@@H]1Oc2ccc(NC(=O)/C=C/c3ccc(Br)o3)cc2NC1=O. The van der Waals surface area contributed by atoms with Gasteiger partial charge in [0.25, 0.3) is 5.91 Å². The molecule has 0 spiro atoms. The third-order valence-electron chi connectivity index (χ3n) is 3.17. The molecule has 0 saturated carbocycles. The van der Waals surface area contributed by atoms with Gasteiger partial charge in [-0.1, -0.05) is 0 Å². The lowest BCUT2D eigenvalue weighted by Gasteiger charge is -2.23. The number of carbonyl (C=O) groups excluding carboxylic acids is 2. The van der Waals surface area contributed by atoms with Gasteiger partial charge in [0.05, 0.1) is 5.69 Å². The van der Waals surface area contributed by atoms with E-state index in [0.29, 0.717) is 27.6 Å². The Labute approximate surface area is 140 Å². The van der Waals surface area contributed by atoms with Gasteiger partial charge >= 0.3 is 0 Å². The molecule has 2 amide bonds. The Morgan fingerprint density at radius 1 is 1.35 bits per heavy atom. The molecule has 0 fully saturated rings. The van der Waals surface area contributed by atoms with Gasteiger partial charge in [-0.25, -0.2) is 0 Å². The molecule has 1 aromatic heterocycles. The highest BCUT2D eigenvalue weighted by Gasteiger charge is 2.23. The van der Waals surface area contributed by atoms with Gasteiger partial charge in [0.1, 0.15) is 11.5 Å². The summed E-state index contributed by atoms with van der Waals surface area (Å²) in [6.07, 6.45) is 2.39. The van der Waals surface area contributed by atoms with Gasteiger partial charge in [0.2, 0.25) is 5.91 Å². The van der Waals surface area contributed by atoms with E-state index in [9.17, 15) is 9.59 Å². The van der Waals surface area contributed by atoms with Crippen LogP contribution in [0.3, 0.4) is 0 Å². The monoisotopic (exact) mass is 376 g/mol. The number of rotatable bonds is 3. The molecule has 1 atom stereocenters. The number of fused-ring (bicyclic) bond motifs is 1. The van der Waals surface area contributed by atoms with Crippen molar-refractivity contribution in [3.63, 3.8) is 0 Å². The zero-order valence-electron chi connectivity index (χ0n) is 12.1. The fraction of sp³-hybridized carbons (Fsp3) is 0.125. The van der Waals surface area contributed by atoms with Crippen LogP contribution >= 0.6 is 15.9 Å². The number of benzene rings is 1. The van der Waals surface area contributed by atoms with Gasteiger partial charge in [-0.05, 0) is 59.3 Å². The summed E-state index contributed by atoms with van der Waals surface area (Å²) in [5, 5.41) is 5.44. The van der Waals surface area contributed by atoms with Gasteiger partial charge in [0, 0.05) is 11.8 Å². The third kappa shape index (κ3) is 3.62. The number of furan rings is 1. The van der Waals surface area contributed by atoms with Crippen LogP contribution in [0.2, 0.25) is 0 Å². The average molecular weight is 377 g/mol. The largest absolute Gasteiger partial charge is 0.479 e. The Morgan fingerprint density at radius 3 is 2.91 bits per heavy atom. The first kappa shape index (κ1) is 15.4. The number of halogens is 1. The highest BCUT2D eigenvalue weighted by Crippen LogP contribution is 2.32. The number of hydrogen-bond acceptors (Lipinski definition) is 4. The second-order valence-corrected chi connectivity index (χ2v) is 5.71. The van der Waals surface area contributed by atoms with E-state index in [-0.39, 0.29) is 11.8 Å². The zero-order valence-corrected chi connectivity index (χ0v) is 13.7. The zero-order chi connectivity index (χ0) is 16.4. The standard InChI is InChI=1S/C16H13BrN2O4/c1-9-16(21)19-12-8-10(2-5-13(12)22-9)18-15(20)7-4-11-3-6-14(17)23-11/h2-9H,1H3,(H,18,20)(H,19,21)/b7-4+/t9-/m0/s1. The summed E-state index contributed by atoms with van der Waals surface area (Å²) in [4.78, 5) is 23.5. The van der Waals surface area contributed by atoms with Gasteiger partial charge in [-0.15, -0.1) is 0 Å². The number of hydrogen-bond donors (Lipinski definition) is 2. The highest BCUT2D eigenvalue weighted by atomic mass is 79.9. The van der Waals surface area contributed by atoms with Crippen molar-refractivity contribution < 1.29 is 18.7 Å². The van der Waals surface area contributed by atoms with E-state index in [0.717, 1.165) is 0 Å². The molecule has 7 heteroatoms. The van der Waals surface area contributed by atoms with Crippen molar-refractivity contribution in [1.29, 1.82) is 0 Å². The van der Waals surface area contributed by atoms with Crippen molar-refractivity contribution in [2.45, 2.75) is 13.0 Å². The maximum Gasteiger partial charge on any atom is 0.265 e. The van der Waals surface area contributed by atoms with Crippen molar-refractivity contribution in [2.75, 3.05) is 10.6 Å². The quantitative estimate of drug-likeness (QED) is 0.804. The Morgan fingerprint density at radius 2 is 2.17 bits per heavy atom. The average Bonchev–Trinajstić information content (AvgIpc) is 2.92. The predicted octanol–water partition coefficient (Wildman–Crippen LogP) is 3.41. The smallest absolute Gasteiger partial charge is 0.265 e. The normalized spacial score (nSPS) is 16.6. The Hall–Kier alpha value is -2.54. The maximum absolute atomic E-state index is 11.9. The van der Waals surface area contributed by atoms with E-state index >= 15 is 0 Å². The van der Waals surface area contributed by atoms with Crippen LogP contribution in [0.1, 0.15) is 12.7 Å². The van der Waals surface area contributed by atoms with Crippen molar-refractivity contribution >= 4 is 45.2 Å². The minimum Gasteiger partial charge on any atom is -0.479 e. The lowest BCUT2D eigenvalue weighted by Crippen LogP contribution is -2.34. The van der Waals surface area contributed by atoms with Crippen LogP contribution in [0.25, 0.3) is 6.08 Å². The van der Waals surface area contributed by atoms with Crippen molar-refractivity contribution in [3.05, 3.63) is 46.8 Å². The molecular formula is C16H13BrN2O4. The van der Waals surface area contributed by atoms with E-state index in [1.54, 1.807) is 43.3 Å². The molecule has 3 rings (SSSR count). The summed E-state index contributed by atoms with van der Waals surface area (Å²) >= 11 is 3.19. The van der Waals surface area contributed by atoms with Crippen LogP contribution in [0.4, 0.5) is 11.4 Å². The second-order valence-electron chi connectivity index (χ2n) is 4.92. The lowest BCUT2D eigenvalue weighted by atomic mass is 10.2. The van der Waals surface area contributed by atoms with E-state index in [1.807, 2.05) is 0 Å². The fourth-order valence-electron chi connectivity index (χ4n) is 2.05. The van der Waals surface area contributed by atoms with Crippen molar-refractivity contribution in [3.8, 4) is 5.75 Å². The molecular weight excluding hydrogens is 364 g/mol. The molecule has 0 aliphatic carbocycles. The van der Waals surface area contributed by atoms with Crippen LogP contribution in [0.15, 0.2) is 45.5 Å². The van der Waals surface area contributed by atoms with Crippen molar-refractivity contribution in [1.82, 2.24) is 0 Å². The highest BCUT2D eigenvalue weighted by molar-refractivity contribution is 9.10. The number of amides is 2. The van der Waals surface area contributed by atoms with Crippen molar-refractivity contribution in [2.24, 2.45) is 0 Å². The molecule has 0 radical (unpaired) electrons. The summed E-state index contributed by atoms with van der Waals surface area (Å²) < 4.78 is 11.3. The lowest BCUT2D eigenvalue weighted by molar-refractivity contribution is -0.122. The van der Waals surface area contributed by atoms with Crippen LogP contribution in [0.5, 0.6) is 5.75 Å². The molecule has 2 N–H and O–H groups in total. The van der Waals surface area contributed by atoms with Gasteiger partial charge in [-0.2, -0.15) is 0 Å². The molecule has 6 nitrogen and oxygen atoms in total. The predicted molar refractivity (Wildman–Crippen MR) is 89.2 cm³/mol. The van der Waals surface area contributed by atoms with Crippen LogP contribution < -0.4 is 15.4 Å². The molecule has 2 heterocycles. The van der Waals surface area contributed by atoms with Crippen LogP contribution in [-0.2, 0) is 9.59 Å². The molecule has 2 aromatic rings. The van der Waals surface area contributed by atoms with Crippen LogP contribution in [-0.4, -0.2) is 17.9 Å². The number of ether oxygens (including phenoxy) is 1. The fourth-order valence-corrected chi connectivity index (χ4v) is 2.37. The third-order valence-corrected chi connectivity index (χ3v) is 3.60. The molecule has 0 unspecified atom stereocenters. The summed E-state index contributed by atoms with van der Waals surface area (Å²) in [6, 6.07) is 8.53. The van der Waals surface area contributed by atoms with E-state index in [2.05, 4.69) is 26.6 Å². The van der Waals surface area contributed by atoms with E-state index in [1.165, 1.54) is 6.08 Å². The Kier molecular flexibility index (Phi) is 4.20. The first-order chi connectivity index (χ1) is 11.0. The number of anilines is 2. The van der Waals surface area contributed by atoms with Gasteiger partial charge < -0.3 is 19.8 Å². The Balaban J connectivity index is 1.68. The molecule has 0 bridgehead atoms. The maximum atomic E-state index is 11.9. The van der Waals surface area contributed by atoms with Gasteiger partial charge in [-0.3, -0.25) is 9.59 Å². The summed E-state index contributed by atoms with van der Waals surface area (Å²) in [6.45, 7) is 1.67. The molecule has 1 aliphatic rings.